The summed E-state index contributed by atoms with van der Waals surface area (Å²) in [6.45, 7) is 0. The van der Waals surface area contributed by atoms with Crippen molar-refractivity contribution in [2.24, 2.45) is 0 Å². The lowest BCUT2D eigenvalue weighted by molar-refractivity contribution is -0.119. The minimum Gasteiger partial charge on any atom is -0.478 e. The molecule has 2 rings (SSSR count). The van der Waals surface area contributed by atoms with Gasteiger partial charge in [0.2, 0.25) is 5.91 Å². The normalized spacial score (nSPS) is 16.2. The fraction of sp³-hybridized carbons (Fsp3) is 0.533. The molecule has 1 aromatic rings. The molecule has 0 saturated heterocycles. The second-order valence-corrected chi connectivity index (χ2v) is 6.23. The number of hydrogen-bond acceptors (Lipinski definition) is 4. The Labute approximate surface area is 128 Å². The number of carbonyl (C=O) groups is 2. The molecule has 1 aliphatic rings. The molecule has 1 heterocycles. The maximum absolute atomic E-state index is 11.9. The fourth-order valence-corrected chi connectivity index (χ4v) is 3.08. The number of hydrogen-bond donors (Lipinski definition) is 2. The molecule has 6 heteroatoms. The Hall–Kier alpha value is -1.56. The summed E-state index contributed by atoms with van der Waals surface area (Å²) in [4.78, 5) is 26.7. The molecule has 0 radical (unpaired) electrons. The number of aromatic nitrogens is 1. The van der Waals surface area contributed by atoms with E-state index < -0.39 is 5.97 Å². The van der Waals surface area contributed by atoms with Crippen LogP contribution in [0.15, 0.2) is 23.4 Å². The van der Waals surface area contributed by atoms with Crippen LogP contribution in [0.4, 0.5) is 0 Å². The topological polar surface area (TPSA) is 79.3 Å². The number of amides is 1. The molecule has 1 amide bonds. The minimum atomic E-state index is -0.995. The smallest absolute Gasteiger partial charge is 0.337 e. The largest absolute Gasteiger partial charge is 0.478 e. The molecule has 1 saturated carbocycles. The lowest BCUT2D eigenvalue weighted by Gasteiger charge is -2.15. The van der Waals surface area contributed by atoms with Gasteiger partial charge in [-0.3, -0.25) is 4.79 Å². The van der Waals surface area contributed by atoms with E-state index in [0.29, 0.717) is 16.8 Å². The van der Waals surface area contributed by atoms with E-state index in [1.54, 1.807) is 6.07 Å². The molecule has 0 bridgehead atoms. The maximum atomic E-state index is 11.9. The fourth-order valence-electron chi connectivity index (χ4n) is 2.42. The van der Waals surface area contributed by atoms with Crippen molar-refractivity contribution in [3.05, 3.63) is 23.9 Å². The van der Waals surface area contributed by atoms with Crippen LogP contribution in [0, 0.1) is 0 Å². The summed E-state index contributed by atoms with van der Waals surface area (Å²) in [5, 5.41) is 12.5. The number of carboxylic acid groups (broad SMARTS) is 1. The van der Waals surface area contributed by atoms with E-state index in [0.717, 1.165) is 12.8 Å². The highest BCUT2D eigenvalue weighted by atomic mass is 32.2. The van der Waals surface area contributed by atoms with Crippen molar-refractivity contribution in [2.75, 3.05) is 5.75 Å². The van der Waals surface area contributed by atoms with Crippen LogP contribution in [-0.2, 0) is 4.79 Å². The van der Waals surface area contributed by atoms with Crippen molar-refractivity contribution in [3.63, 3.8) is 0 Å². The summed E-state index contributed by atoms with van der Waals surface area (Å²) in [5.74, 6) is -0.656. The van der Waals surface area contributed by atoms with E-state index in [2.05, 4.69) is 10.3 Å². The Morgan fingerprint density at radius 1 is 1.24 bits per heavy atom. The molecular formula is C15H20N2O3S. The summed E-state index contributed by atoms with van der Waals surface area (Å²) in [6, 6.07) is 3.44. The van der Waals surface area contributed by atoms with Gasteiger partial charge >= 0.3 is 5.97 Å². The number of pyridine rings is 1. The van der Waals surface area contributed by atoms with E-state index in [9.17, 15) is 9.59 Å². The third kappa shape index (κ3) is 5.38. The van der Waals surface area contributed by atoms with E-state index in [-0.39, 0.29) is 11.5 Å². The average Bonchev–Trinajstić information content (AvgIpc) is 2.74. The van der Waals surface area contributed by atoms with Crippen LogP contribution >= 0.6 is 11.8 Å². The highest BCUT2D eigenvalue weighted by Gasteiger charge is 2.14. The molecule has 0 aliphatic heterocycles. The third-order valence-electron chi connectivity index (χ3n) is 3.55. The van der Waals surface area contributed by atoms with Crippen molar-refractivity contribution in [1.82, 2.24) is 10.3 Å². The molecule has 21 heavy (non-hydrogen) atoms. The first kappa shape index (κ1) is 15.8. The van der Waals surface area contributed by atoms with Crippen LogP contribution in [0.5, 0.6) is 0 Å². The first-order valence-corrected chi connectivity index (χ1v) is 8.25. The standard InChI is InChI=1S/C15H20N2O3S/c18-13(17-12-5-3-1-2-4-6-12)10-21-14-8-7-11(9-16-14)15(19)20/h7-9,12H,1-6,10H2,(H,17,18)(H,19,20). The quantitative estimate of drug-likeness (QED) is 0.646. The van der Waals surface area contributed by atoms with Crippen LogP contribution in [0.25, 0.3) is 0 Å². The van der Waals surface area contributed by atoms with Gasteiger partial charge in [0.05, 0.1) is 16.3 Å². The van der Waals surface area contributed by atoms with E-state index in [1.165, 1.54) is 49.7 Å². The summed E-state index contributed by atoms with van der Waals surface area (Å²) >= 11 is 1.33. The Balaban J connectivity index is 1.76. The van der Waals surface area contributed by atoms with E-state index >= 15 is 0 Å². The van der Waals surface area contributed by atoms with Gasteiger partial charge in [0.1, 0.15) is 0 Å². The molecule has 1 aromatic heterocycles. The third-order valence-corrected chi connectivity index (χ3v) is 4.50. The van der Waals surface area contributed by atoms with Gasteiger partial charge in [-0.05, 0) is 25.0 Å². The number of nitrogens with zero attached hydrogens (tertiary/aromatic N) is 1. The molecular weight excluding hydrogens is 288 g/mol. The number of carboxylic acids is 1. The lowest BCUT2D eigenvalue weighted by Crippen LogP contribution is -2.35. The second kappa shape index (κ2) is 8.02. The van der Waals surface area contributed by atoms with Crippen molar-refractivity contribution in [1.29, 1.82) is 0 Å². The van der Waals surface area contributed by atoms with Crippen molar-refractivity contribution >= 4 is 23.6 Å². The van der Waals surface area contributed by atoms with Crippen LogP contribution < -0.4 is 5.32 Å². The zero-order chi connectivity index (χ0) is 15.1. The summed E-state index contributed by atoms with van der Waals surface area (Å²) in [6.07, 6.45) is 8.37. The monoisotopic (exact) mass is 308 g/mol. The van der Waals surface area contributed by atoms with Gasteiger partial charge in [0, 0.05) is 12.2 Å². The summed E-state index contributed by atoms with van der Waals surface area (Å²) in [5.41, 5.74) is 0.155. The number of nitrogens with one attached hydrogen (secondary N) is 1. The second-order valence-electron chi connectivity index (χ2n) is 5.23. The predicted octanol–water partition coefficient (Wildman–Crippen LogP) is 2.71. The number of carbonyl (C=O) groups excluding carboxylic acids is 1. The van der Waals surface area contributed by atoms with Crippen molar-refractivity contribution in [2.45, 2.75) is 49.6 Å². The Morgan fingerprint density at radius 2 is 1.95 bits per heavy atom. The molecule has 1 aliphatic carbocycles. The van der Waals surface area contributed by atoms with E-state index in [4.69, 9.17) is 5.11 Å². The summed E-state index contributed by atoms with van der Waals surface area (Å²) in [7, 11) is 0. The van der Waals surface area contributed by atoms with Crippen LogP contribution in [-0.4, -0.2) is 33.8 Å². The summed E-state index contributed by atoms with van der Waals surface area (Å²) < 4.78 is 0. The van der Waals surface area contributed by atoms with Gasteiger partial charge in [0.25, 0.3) is 0 Å². The molecule has 2 N–H and O–H groups in total. The molecule has 0 unspecified atom stereocenters. The van der Waals surface area contributed by atoms with Crippen molar-refractivity contribution in [3.8, 4) is 0 Å². The first-order valence-electron chi connectivity index (χ1n) is 7.26. The molecule has 114 valence electrons. The predicted molar refractivity (Wildman–Crippen MR) is 81.6 cm³/mol. The highest BCUT2D eigenvalue weighted by Crippen LogP contribution is 2.18. The Morgan fingerprint density at radius 3 is 2.52 bits per heavy atom. The zero-order valence-corrected chi connectivity index (χ0v) is 12.7. The Kier molecular flexibility index (Phi) is 6.04. The van der Waals surface area contributed by atoms with Crippen LogP contribution in [0.3, 0.4) is 0 Å². The molecule has 5 nitrogen and oxygen atoms in total. The van der Waals surface area contributed by atoms with Crippen molar-refractivity contribution < 1.29 is 14.7 Å². The SMILES string of the molecule is O=C(CSc1ccc(C(=O)O)cn1)NC1CCCCCC1. The van der Waals surface area contributed by atoms with Gasteiger partial charge < -0.3 is 10.4 Å². The van der Waals surface area contributed by atoms with Crippen LogP contribution in [0.2, 0.25) is 0 Å². The maximum Gasteiger partial charge on any atom is 0.337 e. The average molecular weight is 308 g/mol. The number of thioether (sulfide) groups is 1. The van der Waals surface area contributed by atoms with E-state index in [1.807, 2.05) is 0 Å². The molecule has 0 spiro atoms. The molecule has 0 atom stereocenters. The molecule has 0 aromatic carbocycles. The highest BCUT2D eigenvalue weighted by molar-refractivity contribution is 7.99. The first-order chi connectivity index (χ1) is 10.1. The lowest BCUT2D eigenvalue weighted by atomic mass is 10.1. The zero-order valence-electron chi connectivity index (χ0n) is 11.9. The Bertz CT molecular complexity index is 482. The van der Waals surface area contributed by atoms with Gasteiger partial charge in [-0.1, -0.05) is 37.4 Å². The minimum absolute atomic E-state index is 0.0241. The number of aromatic carboxylic acids is 1. The van der Waals surface area contributed by atoms with Gasteiger partial charge in [-0.2, -0.15) is 0 Å². The molecule has 1 fully saturated rings. The number of rotatable bonds is 5. The van der Waals surface area contributed by atoms with Gasteiger partial charge in [-0.25, -0.2) is 9.78 Å². The van der Waals surface area contributed by atoms with Gasteiger partial charge in [-0.15, -0.1) is 0 Å². The van der Waals surface area contributed by atoms with Crippen LogP contribution in [0.1, 0.15) is 48.9 Å². The van der Waals surface area contributed by atoms with Gasteiger partial charge in [0.15, 0.2) is 0 Å².